The van der Waals surface area contributed by atoms with Crippen LogP contribution < -0.4 is 0 Å². The van der Waals surface area contributed by atoms with Crippen LogP contribution in [0.4, 0.5) is 0 Å². The first kappa shape index (κ1) is 12.6. The first-order valence-electron chi connectivity index (χ1n) is 6.45. The summed E-state index contributed by atoms with van der Waals surface area (Å²) in [5.41, 5.74) is 2.14. The number of hydrogen-bond acceptors (Lipinski definition) is 2. The molecular weight excluding hydrogens is 212 g/mol. The van der Waals surface area contributed by atoms with Gasteiger partial charge in [-0.15, -0.1) is 0 Å². The van der Waals surface area contributed by atoms with Crippen LogP contribution in [0.2, 0.25) is 0 Å². The maximum absolute atomic E-state index is 10.4. The molecule has 0 spiro atoms. The van der Waals surface area contributed by atoms with Crippen LogP contribution in [-0.4, -0.2) is 23.9 Å². The summed E-state index contributed by atoms with van der Waals surface area (Å²) < 4.78 is 5.61. The van der Waals surface area contributed by atoms with E-state index in [2.05, 4.69) is 25.1 Å². The summed E-state index contributed by atoms with van der Waals surface area (Å²) in [6.07, 6.45) is 4.59. The highest BCUT2D eigenvalue weighted by Crippen LogP contribution is 2.36. The van der Waals surface area contributed by atoms with Crippen LogP contribution in [0.15, 0.2) is 24.3 Å². The summed E-state index contributed by atoms with van der Waals surface area (Å²) in [4.78, 5) is 0. The highest BCUT2D eigenvalue weighted by atomic mass is 16.5. The van der Waals surface area contributed by atoms with Gasteiger partial charge in [0.15, 0.2) is 0 Å². The number of ether oxygens (including phenoxy) is 1. The van der Waals surface area contributed by atoms with E-state index in [0.29, 0.717) is 6.42 Å². The van der Waals surface area contributed by atoms with Gasteiger partial charge >= 0.3 is 0 Å². The Balaban J connectivity index is 2.07. The first-order chi connectivity index (χ1) is 8.16. The molecule has 1 aliphatic carbocycles. The van der Waals surface area contributed by atoms with Crippen molar-refractivity contribution in [3.63, 3.8) is 0 Å². The van der Waals surface area contributed by atoms with Crippen molar-refractivity contribution in [2.24, 2.45) is 0 Å². The van der Waals surface area contributed by atoms with Crippen LogP contribution >= 0.6 is 0 Å². The van der Waals surface area contributed by atoms with Gasteiger partial charge in [-0.2, -0.15) is 0 Å². The van der Waals surface area contributed by atoms with Gasteiger partial charge in [0, 0.05) is 13.5 Å². The molecule has 17 heavy (non-hydrogen) atoms. The Labute approximate surface area is 104 Å². The fourth-order valence-corrected chi connectivity index (χ4v) is 2.90. The molecule has 1 aromatic rings. The van der Waals surface area contributed by atoms with Crippen molar-refractivity contribution in [2.75, 3.05) is 7.11 Å². The third-order valence-corrected chi connectivity index (χ3v) is 3.98. The molecule has 1 saturated carbocycles. The van der Waals surface area contributed by atoms with Crippen LogP contribution in [0.25, 0.3) is 0 Å². The van der Waals surface area contributed by atoms with E-state index in [0.717, 1.165) is 12.8 Å². The summed E-state index contributed by atoms with van der Waals surface area (Å²) >= 11 is 0. The molecule has 2 nitrogen and oxygen atoms in total. The smallest absolute Gasteiger partial charge is 0.0939 e. The fraction of sp³-hybridized carbons (Fsp3) is 0.600. The maximum Gasteiger partial charge on any atom is 0.0939 e. The zero-order valence-electron chi connectivity index (χ0n) is 10.8. The molecule has 0 amide bonds. The molecule has 1 aliphatic rings. The van der Waals surface area contributed by atoms with Crippen LogP contribution in [0, 0.1) is 6.92 Å². The van der Waals surface area contributed by atoms with Gasteiger partial charge in [-0.05, 0) is 25.3 Å². The number of benzene rings is 1. The summed E-state index contributed by atoms with van der Waals surface area (Å²) in [6.45, 7) is 2.08. The second-order valence-corrected chi connectivity index (χ2v) is 5.18. The number of aliphatic hydroxyl groups excluding tert-OH is 1. The Morgan fingerprint density at radius 3 is 2.65 bits per heavy atom. The number of aryl methyl sites for hydroxylation is 1. The van der Waals surface area contributed by atoms with Crippen molar-refractivity contribution in [2.45, 2.75) is 50.7 Å². The Morgan fingerprint density at radius 1 is 1.35 bits per heavy atom. The Hall–Kier alpha value is -0.860. The Bertz CT molecular complexity index is 367. The summed E-state index contributed by atoms with van der Waals surface area (Å²) in [5.74, 6) is 0. The van der Waals surface area contributed by atoms with Crippen LogP contribution in [0.3, 0.4) is 0 Å². The highest BCUT2D eigenvalue weighted by molar-refractivity contribution is 5.23. The Morgan fingerprint density at radius 2 is 2.06 bits per heavy atom. The van der Waals surface area contributed by atoms with Gasteiger partial charge in [0.05, 0.1) is 11.7 Å². The van der Waals surface area contributed by atoms with Crippen molar-refractivity contribution in [3.05, 3.63) is 35.4 Å². The van der Waals surface area contributed by atoms with Gasteiger partial charge in [0.2, 0.25) is 0 Å². The Kier molecular flexibility index (Phi) is 3.85. The largest absolute Gasteiger partial charge is 0.390 e. The SMILES string of the molecule is COC1(C(O)Cc2cccc(C)c2)CCCC1. The van der Waals surface area contributed by atoms with Gasteiger partial charge in [-0.25, -0.2) is 0 Å². The lowest BCUT2D eigenvalue weighted by Gasteiger charge is -2.33. The molecule has 94 valence electrons. The fourth-order valence-electron chi connectivity index (χ4n) is 2.90. The van der Waals surface area contributed by atoms with Gasteiger partial charge in [-0.1, -0.05) is 42.7 Å². The standard InChI is InChI=1S/C15H22O2/c1-12-6-5-7-13(10-12)11-14(16)15(17-2)8-3-4-9-15/h5-7,10,14,16H,3-4,8-9,11H2,1-2H3. The number of methoxy groups -OCH3 is 1. The average molecular weight is 234 g/mol. The molecule has 1 fully saturated rings. The average Bonchev–Trinajstić information content (AvgIpc) is 2.78. The molecule has 2 heteroatoms. The van der Waals surface area contributed by atoms with Crippen molar-refractivity contribution in [1.82, 2.24) is 0 Å². The number of aliphatic hydroxyl groups is 1. The van der Waals surface area contributed by atoms with E-state index in [1.54, 1.807) is 7.11 Å². The van der Waals surface area contributed by atoms with Gasteiger partial charge in [0.1, 0.15) is 0 Å². The maximum atomic E-state index is 10.4. The third kappa shape index (κ3) is 2.70. The van der Waals surface area contributed by atoms with E-state index in [9.17, 15) is 5.11 Å². The molecule has 0 radical (unpaired) electrons. The zero-order chi connectivity index (χ0) is 12.3. The zero-order valence-corrected chi connectivity index (χ0v) is 10.8. The minimum Gasteiger partial charge on any atom is -0.390 e. The molecule has 0 saturated heterocycles. The predicted molar refractivity (Wildman–Crippen MR) is 69.1 cm³/mol. The second-order valence-electron chi connectivity index (χ2n) is 5.18. The second kappa shape index (κ2) is 5.19. The topological polar surface area (TPSA) is 29.5 Å². The normalized spacial score (nSPS) is 20.4. The van der Waals surface area contributed by atoms with Crippen LogP contribution in [0.5, 0.6) is 0 Å². The number of rotatable bonds is 4. The molecule has 1 unspecified atom stereocenters. The van der Waals surface area contributed by atoms with E-state index in [1.807, 2.05) is 6.07 Å². The van der Waals surface area contributed by atoms with Crippen molar-refractivity contribution >= 4 is 0 Å². The molecule has 0 aromatic heterocycles. The van der Waals surface area contributed by atoms with Crippen LogP contribution in [-0.2, 0) is 11.2 Å². The van der Waals surface area contributed by atoms with Crippen molar-refractivity contribution in [1.29, 1.82) is 0 Å². The van der Waals surface area contributed by atoms with E-state index in [4.69, 9.17) is 4.74 Å². The quantitative estimate of drug-likeness (QED) is 0.868. The van der Waals surface area contributed by atoms with Gasteiger partial charge in [0.25, 0.3) is 0 Å². The molecule has 1 N–H and O–H groups in total. The van der Waals surface area contributed by atoms with E-state index >= 15 is 0 Å². The molecule has 0 aliphatic heterocycles. The van der Waals surface area contributed by atoms with E-state index < -0.39 is 6.10 Å². The van der Waals surface area contributed by atoms with Crippen molar-refractivity contribution in [3.8, 4) is 0 Å². The molecule has 0 heterocycles. The lowest BCUT2D eigenvalue weighted by Crippen LogP contribution is -2.42. The van der Waals surface area contributed by atoms with E-state index in [-0.39, 0.29) is 5.60 Å². The van der Waals surface area contributed by atoms with Crippen LogP contribution in [0.1, 0.15) is 36.8 Å². The third-order valence-electron chi connectivity index (χ3n) is 3.98. The monoisotopic (exact) mass is 234 g/mol. The summed E-state index contributed by atoms with van der Waals surface area (Å²) in [5, 5.41) is 10.4. The molecular formula is C15H22O2. The number of hydrogen-bond donors (Lipinski definition) is 1. The molecule has 1 aromatic carbocycles. The lowest BCUT2D eigenvalue weighted by molar-refractivity contribution is -0.0971. The molecule has 2 rings (SSSR count). The van der Waals surface area contributed by atoms with Gasteiger partial charge < -0.3 is 9.84 Å². The molecule has 0 bridgehead atoms. The predicted octanol–water partition coefficient (Wildman–Crippen LogP) is 2.86. The highest BCUT2D eigenvalue weighted by Gasteiger charge is 2.40. The van der Waals surface area contributed by atoms with Gasteiger partial charge in [-0.3, -0.25) is 0 Å². The van der Waals surface area contributed by atoms with E-state index in [1.165, 1.54) is 24.0 Å². The minimum absolute atomic E-state index is 0.302. The summed E-state index contributed by atoms with van der Waals surface area (Å²) in [7, 11) is 1.73. The van der Waals surface area contributed by atoms with Crippen molar-refractivity contribution < 1.29 is 9.84 Å². The summed E-state index contributed by atoms with van der Waals surface area (Å²) in [6, 6.07) is 8.35. The lowest BCUT2D eigenvalue weighted by atomic mass is 9.89. The first-order valence-corrected chi connectivity index (χ1v) is 6.45. The minimum atomic E-state index is -0.392. The molecule has 1 atom stereocenters.